The van der Waals surface area contributed by atoms with Crippen molar-refractivity contribution in [2.24, 2.45) is 4.99 Å². The maximum Gasteiger partial charge on any atom is 0.0496 e. The zero-order chi connectivity index (χ0) is 10.4. The van der Waals surface area contributed by atoms with Crippen LogP contribution in [-0.2, 0) is 0 Å². The minimum atomic E-state index is 0.783. The molecule has 0 unspecified atom stereocenters. The van der Waals surface area contributed by atoms with Gasteiger partial charge in [0.15, 0.2) is 0 Å². The summed E-state index contributed by atoms with van der Waals surface area (Å²) in [5.41, 5.74) is 2.23. The van der Waals surface area contributed by atoms with Crippen LogP contribution in [0.3, 0.4) is 0 Å². The molecule has 0 saturated carbocycles. The van der Waals surface area contributed by atoms with Gasteiger partial charge in [0, 0.05) is 23.3 Å². The van der Waals surface area contributed by atoms with Gasteiger partial charge in [-0.15, -0.1) is 0 Å². The molecule has 1 aromatic carbocycles. The van der Waals surface area contributed by atoms with Gasteiger partial charge in [0.25, 0.3) is 0 Å². The van der Waals surface area contributed by atoms with Gasteiger partial charge in [-0.3, -0.25) is 4.99 Å². The molecule has 0 bridgehead atoms. The van der Waals surface area contributed by atoms with E-state index >= 15 is 0 Å². The zero-order valence-corrected chi connectivity index (χ0v) is 9.51. The molecule has 2 heteroatoms. The Morgan fingerprint density at radius 2 is 2.21 bits per heavy atom. The summed E-state index contributed by atoms with van der Waals surface area (Å²) in [5.74, 6) is 0. The van der Waals surface area contributed by atoms with Gasteiger partial charge in [-0.05, 0) is 25.0 Å². The van der Waals surface area contributed by atoms with Gasteiger partial charge in [-0.1, -0.05) is 37.1 Å². The molecule has 1 rings (SSSR count). The summed E-state index contributed by atoms with van der Waals surface area (Å²) in [6, 6.07) is 5.91. The lowest BCUT2D eigenvalue weighted by molar-refractivity contribution is 0.810. The molecule has 0 aliphatic heterocycles. The lowest BCUT2D eigenvalue weighted by Crippen LogP contribution is -1.89. The first kappa shape index (κ1) is 11.3. The highest BCUT2D eigenvalue weighted by Crippen LogP contribution is 2.17. The monoisotopic (exact) mass is 209 g/mol. The van der Waals surface area contributed by atoms with E-state index in [0.717, 1.165) is 23.6 Å². The standard InChI is InChI=1S/C12H16ClN/c1-3-4-8-14-9-11-10(2)6-5-7-12(11)13/h5-7,9H,3-4,8H2,1-2H3/b14-9+. The quantitative estimate of drug-likeness (QED) is 0.528. The molecule has 0 radical (unpaired) electrons. The molecule has 0 spiro atoms. The SMILES string of the molecule is CCCC/N=C/c1c(C)cccc1Cl. The molecule has 0 saturated heterocycles. The maximum absolute atomic E-state index is 6.05. The van der Waals surface area contributed by atoms with Crippen molar-refractivity contribution in [1.29, 1.82) is 0 Å². The molecular weight excluding hydrogens is 194 g/mol. The Labute approximate surface area is 90.8 Å². The number of hydrogen-bond donors (Lipinski definition) is 0. The fourth-order valence-electron chi connectivity index (χ4n) is 1.21. The third kappa shape index (κ3) is 3.15. The highest BCUT2D eigenvalue weighted by Gasteiger charge is 1.98. The Morgan fingerprint density at radius 3 is 2.86 bits per heavy atom. The topological polar surface area (TPSA) is 12.4 Å². The van der Waals surface area contributed by atoms with E-state index in [0.29, 0.717) is 0 Å². The molecule has 1 aromatic rings. The van der Waals surface area contributed by atoms with Crippen LogP contribution < -0.4 is 0 Å². The summed E-state index contributed by atoms with van der Waals surface area (Å²) in [7, 11) is 0. The van der Waals surface area contributed by atoms with E-state index in [4.69, 9.17) is 11.6 Å². The summed E-state index contributed by atoms with van der Waals surface area (Å²) in [4.78, 5) is 4.34. The maximum atomic E-state index is 6.05. The van der Waals surface area contributed by atoms with Crippen LogP contribution in [0.25, 0.3) is 0 Å². The average molecular weight is 210 g/mol. The van der Waals surface area contributed by atoms with Gasteiger partial charge in [-0.25, -0.2) is 0 Å². The van der Waals surface area contributed by atoms with Gasteiger partial charge >= 0.3 is 0 Å². The fourth-order valence-corrected chi connectivity index (χ4v) is 1.48. The van der Waals surface area contributed by atoms with Crippen LogP contribution in [-0.4, -0.2) is 12.8 Å². The van der Waals surface area contributed by atoms with Crippen LogP contribution in [0.1, 0.15) is 30.9 Å². The van der Waals surface area contributed by atoms with Crippen LogP contribution >= 0.6 is 11.6 Å². The summed E-state index contributed by atoms with van der Waals surface area (Å²) in [6.45, 7) is 5.10. The van der Waals surface area contributed by atoms with E-state index < -0.39 is 0 Å². The minimum absolute atomic E-state index is 0.783. The molecule has 0 amide bonds. The molecule has 0 aliphatic carbocycles. The van der Waals surface area contributed by atoms with E-state index in [2.05, 4.69) is 11.9 Å². The van der Waals surface area contributed by atoms with Crippen LogP contribution in [0.4, 0.5) is 0 Å². The smallest absolute Gasteiger partial charge is 0.0496 e. The first-order valence-electron chi connectivity index (χ1n) is 5.00. The van der Waals surface area contributed by atoms with Crippen molar-refractivity contribution in [2.45, 2.75) is 26.7 Å². The predicted molar refractivity (Wildman–Crippen MR) is 63.6 cm³/mol. The predicted octanol–water partition coefficient (Wildman–Crippen LogP) is 3.87. The molecule has 0 fully saturated rings. The number of nitrogens with zero attached hydrogens (tertiary/aromatic N) is 1. The first-order valence-corrected chi connectivity index (χ1v) is 5.38. The number of aryl methyl sites for hydroxylation is 1. The third-order valence-corrected chi connectivity index (χ3v) is 2.46. The second-order valence-corrected chi connectivity index (χ2v) is 3.77. The van der Waals surface area contributed by atoms with Crippen LogP contribution in [0, 0.1) is 6.92 Å². The van der Waals surface area contributed by atoms with Gasteiger partial charge < -0.3 is 0 Å². The van der Waals surface area contributed by atoms with Crippen molar-refractivity contribution in [1.82, 2.24) is 0 Å². The van der Waals surface area contributed by atoms with Gasteiger partial charge in [-0.2, -0.15) is 0 Å². The number of benzene rings is 1. The van der Waals surface area contributed by atoms with Gasteiger partial charge in [0.05, 0.1) is 0 Å². The van der Waals surface area contributed by atoms with Crippen LogP contribution in [0.5, 0.6) is 0 Å². The molecule has 0 aliphatic rings. The largest absolute Gasteiger partial charge is 0.292 e. The summed E-state index contributed by atoms with van der Waals surface area (Å²) >= 11 is 6.05. The van der Waals surface area contributed by atoms with Gasteiger partial charge in [0.2, 0.25) is 0 Å². The number of unbranched alkanes of at least 4 members (excludes halogenated alkanes) is 1. The Balaban J connectivity index is 2.70. The second-order valence-electron chi connectivity index (χ2n) is 3.36. The van der Waals surface area contributed by atoms with Crippen molar-refractivity contribution in [2.75, 3.05) is 6.54 Å². The second kappa shape index (κ2) is 5.82. The zero-order valence-electron chi connectivity index (χ0n) is 8.76. The first-order chi connectivity index (χ1) is 6.75. The fraction of sp³-hybridized carbons (Fsp3) is 0.417. The molecule has 14 heavy (non-hydrogen) atoms. The van der Waals surface area contributed by atoms with Gasteiger partial charge in [0.1, 0.15) is 0 Å². The minimum Gasteiger partial charge on any atom is -0.292 e. The molecule has 0 heterocycles. The van der Waals surface area contributed by atoms with Crippen molar-refractivity contribution < 1.29 is 0 Å². The van der Waals surface area contributed by atoms with Crippen LogP contribution in [0.15, 0.2) is 23.2 Å². The van der Waals surface area contributed by atoms with E-state index in [1.807, 2.05) is 31.3 Å². The number of aliphatic imine (C=N–C) groups is 1. The van der Waals surface area contributed by atoms with E-state index in [1.165, 1.54) is 12.0 Å². The van der Waals surface area contributed by atoms with Crippen molar-refractivity contribution in [3.63, 3.8) is 0 Å². The van der Waals surface area contributed by atoms with Crippen molar-refractivity contribution >= 4 is 17.8 Å². The Bertz CT molecular complexity index is 298. The highest BCUT2D eigenvalue weighted by atomic mass is 35.5. The molecule has 0 aromatic heterocycles. The number of halogens is 1. The molecule has 76 valence electrons. The van der Waals surface area contributed by atoms with E-state index in [1.54, 1.807) is 0 Å². The van der Waals surface area contributed by atoms with E-state index in [-0.39, 0.29) is 0 Å². The lowest BCUT2D eigenvalue weighted by atomic mass is 10.1. The molecular formula is C12H16ClN. The summed E-state index contributed by atoms with van der Waals surface area (Å²) in [6.07, 6.45) is 4.20. The average Bonchev–Trinajstić information content (AvgIpc) is 2.16. The molecule has 0 atom stereocenters. The normalized spacial score (nSPS) is 11.1. The van der Waals surface area contributed by atoms with E-state index in [9.17, 15) is 0 Å². The Morgan fingerprint density at radius 1 is 1.43 bits per heavy atom. The lowest BCUT2D eigenvalue weighted by Gasteiger charge is -2.01. The van der Waals surface area contributed by atoms with Crippen LogP contribution in [0.2, 0.25) is 5.02 Å². The van der Waals surface area contributed by atoms with Crippen molar-refractivity contribution in [3.8, 4) is 0 Å². The summed E-state index contributed by atoms with van der Waals surface area (Å²) < 4.78 is 0. The Kier molecular flexibility index (Phi) is 4.68. The summed E-state index contributed by atoms with van der Waals surface area (Å²) in [5, 5.41) is 0.783. The third-order valence-electron chi connectivity index (χ3n) is 2.13. The van der Waals surface area contributed by atoms with Crippen molar-refractivity contribution in [3.05, 3.63) is 34.3 Å². The number of rotatable bonds is 4. The number of hydrogen-bond acceptors (Lipinski definition) is 1. The molecule has 1 nitrogen and oxygen atoms in total. The highest BCUT2D eigenvalue weighted by molar-refractivity contribution is 6.33. The molecule has 0 N–H and O–H groups in total. The Hall–Kier alpha value is -0.820.